The largest absolute Gasteiger partial charge is 0.491 e. The van der Waals surface area contributed by atoms with E-state index in [-0.39, 0.29) is 24.4 Å². The molecule has 2 N–H and O–H groups in total. The topological polar surface area (TPSA) is 50.4 Å². The fourth-order valence-corrected chi connectivity index (χ4v) is 2.44. The van der Waals surface area contributed by atoms with Crippen LogP contribution in [0.25, 0.3) is 0 Å². The summed E-state index contributed by atoms with van der Waals surface area (Å²) in [5, 5.41) is 6.29. The molecule has 4 nitrogen and oxygen atoms in total. The Labute approximate surface area is 156 Å². The van der Waals surface area contributed by atoms with Gasteiger partial charge in [-0.1, -0.05) is 37.3 Å². The molecule has 0 radical (unpaired) electrons. The number of nitrogens with one attached hydrogen (secondary N) is 2. The van der Waals surface area contributed by atoms with Crippen LogP contribution in [0.1, 0.15) is 31.9 Å². The predicted octanol–water partition coefficient (Wildman–Crippen LogP) is 4.19. The first-order chi connectivity index (χ1) is 11.6. The Bertz CT molecular complexity index is 674. The van der Waals surface area contributed by atoms with Crippen LogP contribution in [0, 0.1) is 0 Å². The lowest BCUT2D eigenvalue weighted by Gasteiger charge is -2.13. The van der Waals surface area contributed by atoms with Gasteiger partial charge in [-0.05, 0) is 49.7 Å². The molecule has 0 saturated carbocycles. The summed E-state index contributed by atoms with van der Waals surface area (Å²) in [5.74, 6) is 0.767. The van der Waals surface area contributed by atoms with E-state index in [1.807, 2.05) is 62.4 Å². The second kappa shape index (κ2) is 10.7. The summed E-state index contributed by atoms with van der Waals surface area (Å²) in [7, 11) is 0. The van der Waals surface area contributed by atoms with Crippen LogP contribution in [0.15, 0.2) is 48.5 Å². The van der Waals surface area contributed by atoms with E-state index in [4.69, 9.17) is 4.74 Å². The highest BCUT2D eigenvalue weighted by atomic mass is 35.5. The van der Waals surface area contributed by atoms with E-state index >= 15 is 0 Å². The molecule has 5 heteroatoms. The Hall–Kier alpha value is -2.04. The van der Waals surface area contributed by atoms with Gasteiger partial charge in [-0.15, -0.1) is 12.4 Å². The first-order valence-electron chi connectivity index (χ1n) is 8.42. The number of amides is 1. The van der Waals surface area contributed by atoms with Crippen LogP contribution < -0.4 is 15.4 Å². The molecule has 2 aromatic rings. The third kappa shape index (κ3) is 7.16. The molecule has 0 aliphatic rings. The van der Waals surface area contributed by atoms with Crippen molar-refractivity contribution < 1.29 is 9.53 Å². The molecule has 2 rings (SSSR count). The minimum absolute atomic E-state index is 0. The molecule has 136 valence electrons. The molecule has 0 heterocycles. The molecule has 0 aliphatic heterocycles. The zero-order valence-corrected chi connectivity index (χ0v) is 15.9. The molecule has 0 fully saturated rings. The van der Waals surface area contributed by atoms with Gasteiger partial charge in [0.15, 0.2) is 0 Å². The number of halogens is 1. The summed E-state index contributed by atoms with van der Waals surface area (Å²) in [6, 6.07) is 15.6. The highest BCUT2D eigenvalue weighted by Crippen LogP contribution is 2.18. The van der Waals surface area contributed by atoms with E-state index in [0.717, 1.165) is 35.7 Å². The Kier molecular flexibility index (Phi) is 9.03. The van der Waals surface area contributed by atoms with E-state index in [2.05, 4.69) is 17.6 Å². The number of ether oxygens (including phenoxy) is 1. The second-order valence-electron chi connectivity index (χ2n) is 5.98. The number of rotatable bonds is 8. The summed E-state index contributed by atoms with van der Waals surface area (Å²) in [4.78, 5) is 12.4. The molecular formula is C20H27ClN2O2. The van der Waals surface area contributed by atoms with Crippen LogP contribution in [0.3, 0.4) is 0 Å². The van der Waals surface area contributed by atoms with Gasteiger partial charge in [0.25, 0.3) is 0 Å². The smallest absolute Gasteiger partial charge is 0.228 e. The quantitative estimate of drug-likeness (QED) is 0.740. The number of para-hydroxylation sites is 1. The minimum atomic E-state index is -0.0272. The highest BCUT2D eigenvalue weighted by molar-refractivity contribution is 5.93. The Morgan fingerprint density at radius 2 is 1.88 bits per heavy atom. The van der Waals surface area contributed by atoms with Crippen molar-refractivity contribution >= 4 is 24.0 Å². The molecule has 2 aromatic carbocycles. The second-order valence-corrected chi connectivity index (χ2v) is 5.98. The SMILES string of the molecule is CCNCc1ccccc1NC(=O)Cc1cccc(OC(C)C)c1.Cl. The summed E-state index contributed by atoms with van der Waals surface area (Å²) >= 11 is 0. The van der Waals surface area contributed by atoms with E-state index in [1.54, 1.807) is 0 Å². The molecule has 0 unspecified atom stereocenters. The summed E-state index contributed by atoms with van der Waals surface area (Å²) < 4.78 is 5.68. The maximum Gasteiger partial charge on any atom is 0.228 e. The molecule has 25 heavy (non-hydrogen) atoms. The third-order valence-electron chi connectivity index (χ3n) is 3.49. The first-order valence-corrected chi connectivity index (χ1v) is 8.42. The maximum atomic E-state index is 12.4. The van der Waals surface area contributed by atoms with Crippen molar-refractivity contribution in [1.82, 2.24) is 5.32 Å². The van der Waals surface area contributed by atoms with Gasteiger partial charge in [-0.2, -0.15) is 0 Å². The zero-order chi connectivity index (χ0) is 17.4. The van der Waals surface area contributed by atoms with Gasteiger partial charge in [0.05, 0.1) is 12.5 Å². The number of carbonyl (C=O) groups excluding carboxylic acids is 1. The first kappa shape index (κ1) is 21.0. The lowest BCUT2D eigenvalue weighted by molar-refractivity contribution is -0.115. The summed E-state index contributed by atoms with van der Waals surface area (Å²) in [5.41, 5.74) is 2.89. The molecule has 0 bridgehead atoms. The average Bonchev–Trinajstić information content (AvgIpc) is 2.53. The molecule has 1 amide bonds. The van der Waals surface area contributed by atoms with Crippen LogP contribution in [-0.2, 0) is 17.8 Å². The maximum absolute atomic E-state index is 12.4. The standard InChI is InChI=1S/C20H26N2O2.ClH/c1-4-21-14-17-9-5-6-11-19(17)22-20(23)13-16-8-7-10-18(12-16)24-15(2)3;/h5-12,15,21H,4,13-14H2,1-3H3,(H,22,23);1H. The molecule has 0 aromatic heterocycles. The van der Waals surface area contributed by atoms with Crippen LogP contribution in [0.5, 0.6) is 5.75 Å². The van der Waals surface area contributed by atoms with Crippen molar-refractivity contribution in [2.24, 2.45) is 0 Å². The van der Waals surface area contributed by atoms with Crippen molar-refractivity contribution in [1.29, 1.82) is 0 Å². The van der Waals surface area contributed by atoms with Gasteiger partial charge >= 0.3 is 0 Å². The van der Waals surface area contributed by atoms with Crippen LogP contribution in [0.4, 0.5) is 5.69 Å². The van der Waals surface area contributed by atoms with E-state index in [0.29, 0.717) is 6.42 Å². The number of hydrogen-bond donors (Lipinski definition) is 2. The van der Waals surface area contributed by atoms with Crippen molar-refractivity contribution in [3.05, 3.63) is 59.7 Å². The third-order valence-corrected chi connectivity index (χ3v) is 3.49. The molecule has 0 aliphatic carbocycles. The fourth-order valence-electron chi connectivity index (χ4n) is 2.44. The number of hydrogen-bond acceptors (Lipinski definition) is 3. The van der Waals surface area contributed by atoms with Crippen molar-refractivity contribution in [3.8, 4) is 5.75 Å². The Morgan fingerprint density at radius 1 is 1.12 bits per heavy atom. The van der Waals surface area contributed by atoms with E-state index in [1.165, 1.54) is 0 Å². The average molecular weight is 363 g/mol. The fraction of sp³-hybridized carbons (Fsp3) is 0.350. The number of benzene rings is 2. The lowest BCUT2D eigenvalue weighted by Crippen LogP contribution is -2.18. The minimum Gasteiger partial charge on any atom is -0.491 e. The monoisotopic (exact) mass is 362 g/mol. The van der Waals surface area contributed by atoms with E-state index < -0.39 is 0 Å². The van der Waals surface area contributed by atoms with Crippen molar-refractivity contribution in [2.45, 2.75) is 39.8 Å². The van der Waals surface area contributed by atoms with Crippen molar-refractivity contribution in [3.63, 3.8) is 0 Å². The van der Waals surface area contributed by atoms with Crippen LogP contribution in [-0.4, -0.2) is 18.6 Å². The molecular weight excluding hydrogens is 336 g/mol. The number of carbonyl (C=O) groups is 1. The van der Waals surface area contributed by atoms with Gasteiger partial charge in [0.1, 0.15) is 5.75 Å². The zero-order valence-electron chi connectivity index (χ0n) is 15.0. The summed E-state index contributed by atoms with van der Waals surface area (Å²) in [6.45, 7) is 7.67. The van der Waals surface area contributed by atoms with E-state index in [9.17, 15) is 4.79 Å². The van der Waals surface area contributed by atoms with Gasteiger partial charge in [0.2, 0.25) is 5.91 Å². The Balaban J connectivity index is 0.00000312. The van der Waals surface area contributed by atoms with Gasteiger partial charge < -0.3 is 15.4 Å². The van der Waals surface area contributed by atoms with Crippen LogP contribution >= 0.6 is 12.4 Å². The van der Waals surface area contributed by atoms with Crippen molar-refractivity contribution in [2.75, 3.05) is 11.9 Å². The number of anilines is 1. The normalized spacial score (nSPS) is 10.2. The summed E-state index contributed by atoms with van der Waals surface area (Å²) in [6.07, 6.45) is 0.442. The van der Waals surface area contributed by atoms with Gasteiger partial charge in [0, 0.05) is 12.2 Å². The molecule has 0 atom stereocenters. The molecule has 0 spiro atoms. The molecule has 0 saturated heterocycles. The predicted molar refractivity (Wildman–Crippen MR) is 106 cm³/mol. The van der Waals surface area contributed by atoms with Crippen LogP contribution in [0.2, 0.25) is 0 Å². The lowest BCUT2D eigenvalue weighted by atomic mass is 10.1. The van der Waals surface area contributed by atoms with Gasteiger partial charge in [-0.3, -0.25) is 4.79 Å². The Morgan fingerprint density at radius 3 is 2.60 bits per heavy atom. The van der Waals surface area contributed by atoms with Gasteiger partial charge in [-0.25, -0.2) is 0 Å². The highest BCUT2D eigenvalue weighted by Gasteiger charge is 2.08.